The van der Waals surface area contributed by atoms with Gasteiger partial charge in [0, 0.05) is 12.7 Å². The summed E-state index contributed by atoms with van der Waals surface area (Å²) in [4.78, 5) is 11.3. The minimum atomic E-state index is -0.350. The van der Waals surface area contributed by atoms with E-state index in [9.17, 15) is 4.79 Å². The smallest absolute Gasteiger partial charge is 0.338 e. The Morgan fingerprint density at radius 3 is 1.94 bits per heavy atom. The Balaban J connectivity index is 0.00000137. The first-order valence-electron chi connectivity index (χ1n) is 5.62. The first kappa shape index (κ1) is 16.1. The number of aliphatic hydroxyl groups is 1. The van der Waals surface area contributed by atoms with E-state index in [4.69, 9.17) is 20.0 Å². The maximum absolute atomic E-state index is 11.3. The van der Waals surface area contributed by atoms with Crippen LogP contribution >= 0.6 is 0 Å². The van der Waals surface area contributed by atoms with Crippen molar-refractivity contribution in [3.63, 3.8) is 0 Å². The number of hydrogen-bond donors (Lipinski definition) is 2. The minimum absolute atomic E-state index is 0.109. The van der Waals surface area contributed by atoms with E-state index in [1.54, 1.807) is 31.2 Å². The summed E-state index contributed by atoms with van der Waals surface area (Å²) in [7, 11) is 1.00. The second kappa shape index (κ2) is 9.18. The molecule has 2 N–H and O–H groups in total. The van der Waals surface area contributed by atoms with Gasteiger partial charge in [0.1, 0.15) is 0 Å². The van der Waals surface area contributed by atoms with Gasteiger partial charge < -0.3 is 14.6 Å². The van der Waals surface area contributed by atoms with Crippen LogP contribution in [-0.4, -0.2) is 37.3 Å². The highest BCUT2D eigenvalue weighted by Crippen LogP contribution is 2.07. The minimum Gasteiger partial charge on any atom is -0.478 e. The van der Waals surface area contributed by atoms with Crippen molar-refractivity contribution in [3.8, 4) is 0 Å². The zero-order valence-corrected chi connectivity index (χ0v) is 10.9. The Kier molecular flexibility index (Phi) is 8.22. The molecule has 1 aromatic carbocycles. The fourth-order valence-electron chi connectivity index (χ4n) is 1.20. The average Bonchev–Trinajstić information content (AvgIpc) is 2.42. The van der Waals surface area contributed by atoms with Crippen LogP contribution in [0.25, 0.3) is 0 Å². The first-order chi connectivity index (χ1) is 8.69. The number of carbonyl (C=O) groups is 1. The maximum Gasteiger partial charge on any atom is 0.338 e. The summed E-state index contributed by atoms with van der Waals surface area (Å²) in [6, 6.07) is 6.59. The quantitative estimate of drug-likeness (QED) is 0.487. The SMILES string of the molecule is CCOC(=N)c1ccc(C(=O)OCC)cc1.CO. The Bertz CT molecular complexity index is 336. The molecule has 0 aliphatic rings. The molecule has 5 heteroatoms. The molecular weight excluding hydrogens is 234 g/mol. The van der Waals surface area contributed by atoms with Gasteiger partial charge in [-0.25, -0.2) is 4.79 Å². The average molecular weight is 253 g/mol. The van der Waals surface area contributed by atoms with Crippen LogP contribution in [-0.2, 0) is 9.47 Å². The van der Waals surface area contributed by atoms with E-state index in [0.717, 1.165) is 7.11 Å². The number of esters is 1. The normalized spacial score (nSPS) is 8.89. The molecule has 0 radical (unpaired) electrons. The van der Waals surface area contributed by atoms with E-state index in [-0.39, 0.29) is 11.9 Å². The van der Waals surface area contributed by atoms with Gasteiger partial charge in [0.05, 0.1) is 18.8 Å². The van der Waals surface area contributed by atoms with E-state index in [1.807, 2.05) is 6.92 Å². The van der Waals surface area contributed by atoms with Crippen molar-refractivity contribution >= 4 is 11.9 Å². The summed E-state index contributed by atoms with van der Waals surface area (Å²) in [5.41, 5.74) is 1.13. The molecule has 100 valence electrons. The fourth-order valence-corrected chi connectivity index (χ4v) is 1.20. The highest BCUT2D eigenvalue weighted by atomic mass is 16.5. The van der Waals surface area contributed by atoms with Crippen LogP contribution in [0.5, 0.6) is 0 Å². The standard InChI is InChI=1S/C12H15NO3.CH4O/c1-3-15-11(13)9-5-7-10(8-6-9)12(14)16-4-2;1-2/h5-8,13H,3-4H2,1-2H3;2H,1H3. The van der Waals surface area contributed by atoms with Crippen LogP contribution in [0.3, 0.4) is 0 Å². The van der Waals surface area contributed by atoms with Gasteiger partial charge in [-0.2, -0.15) is 0 Å². The van der Waals surface area contributed by atoms with Crippen LogP contribution in [0, 0.1) is 5.41 Å². The molecular formula is C13H19NO4. The number of benzene rings is 1. The van der Waals surface area contributed by atoms with Crippen molar-refractivity contribution in [1.29, 1.82) is 5.41 Å². The van der Waals surface area contributed by atoms with Crippen molar-refractivity contribution in [2.75, 3.05) is 20.3 Å². The predicted molar refractivity (Wildman–Crippen MR) is 69.0 cm³/mol. The van der Waals surface area contributed by atoms with Gasteiger partial charge in [0.15, 0.2) is 0 Å². The van der Waals surface area contributed by atoms with Crippen LogP contribution < -0.4 is 0 Å². The van der Waals surface area contributed by atoms with Crippen LogP contribution in [0.2, 0.25) is 0 Å². The number of ether oxygens (including phenoxy) is 2. The number of aliphatic hydroxyl groups excluding tert-OH is 1. The molecule has 0 heterocycles. The Morgan fingerprint density at radius 1 is 1.06 bits per heavy atom. The molecule has 0 amide bonds. The van der Waals surface area contributed by atoms with E-state index < -0.39 is 0 Å². The number of rotatable bonds is 4. The highest BCUT2D eigenvalue weighted by Gasteiger charge is 2.07. The molecule has 0 atom stereocenters. The van der Waals surface area contributed by atoms with E-state index >= 15 is 0 Å². The third kappa shape index (κ3) is 4.97. The predicted octanol–water partition coefficient (Wildman–Crippen LogP) is 1.83. The molecule has 0 unspecified atom stereocenters. The lowest BCUT2D eigenvalue weighted by Gasteiger charge is -2.05. The Labute approximate surface area is 107 Å². The van der Waals surface area contributed by atoms with Gasteiger partial charge >= 0.3 is 5.97 Å². The molecule has 0 aromatic heterocycles. The molecule has 0 saturated carbocycles. The van der Waals surface area contributed by atoms with Crippen LogP contribution in [0.4, 0.5) is 0 Å². The molecule has 0 spiro atoms. The summed E-state index contributed by atoms with van der Waals surface area (Å²) >= 11 is 0. The third-order valence-electron chi connectivity index (χ3n) is 1.95. The molecule has 1 rings (SSSR count). The highest BCUT2D eigenvalue weighted by molar-refractivity contribution is 5.94. The Morgan fingerprint density at radius 2 is 1.50 bits per heavy atom. The molecule has 0 bridgehead atoms. The lowest BCUT2D eigenvalue weighted by Crippen LogP contribution is -2.07. The lowest BCUT2D eigenvalue weighted by atomic mass is 10.1. The summed E-state index contributed by atoms with van der Waals surface area (Å²) in [5.74, 6) is -0.241. The van der Waals surface area contributed by atoms with Gasteiger partial charge in [0.25, 0.3) is 0 Å². The largest absolute Gasteiger partial charge is 0.478 e. The number of carbonyl (C=O) groups excluding carboxylic acids is 1. The monoisotopic (exact) mass is 253 g/mol. The fraction of sp³-hybridized carbons (Fsp3) is 0.385. The van der Waals surface area contributed by atoms with Gasteiger partial charge in [-0.1, -0.05) is 0 Å². The van der Waals surface area contributed by atoms with Gasteiger partial charge in [-0.15, -0.1) is 0 Å². The van der Waals surface area contributed by atoms with E-state index in [0.29, 0.717) is 24.3 Å². The molecule has 0 aliphatic heterocycles. The van der Waals surface area contributed by atoms with Gasteiger partial charge in [0.2, 0.25) is 5.90 Å². The topological polar surface area (TPSA) is 79.6 Å². The van der Waals surface area contributed by atoms with Crippen molar-refractivity contribution in [2.45, 2.75) is 13.8 Å². The molecule has 0 fully saturated rings. The number of hydrogen-bond acceptors (Lipinski definition) is 5. The van der Waals surface area contributed by atoms with E-state index in [2.05, 4.69) is 0 Å². The second-order valence-electron chi connectivity index (χ2n) is 3.06. The Hall–Kier alpha value is -1.88. The van der Waals surface area contributed by atoms with Crippen molar-refractivity contribution in [3.05, 3.63) is 35.4 Å². The van der Waals surface area contributed by atoms with Crippen LogP contribution in [0.1, 0.15) is 29.8 Å². The summed E-state index contributed by atoms with van der Waals surface area (Å²) < 4.78 is 9.89. The molecule has 18 heavy (non-hydrogen) atoms. The summed E-state index contributed by atoms with van der Waals surface area (Å²) in [6.07, 6.45) is 0. The summed E-state index contributed by atoms with van der Waals surface area (Å²) in [5, 5.41) is 14.6. The second-order valence-corrected chi connectivity index (χ2v) is 3.06. The molecule has 1 aromatic rings. The third-order valence-corrected chi connectivity index (χ3v) is 1.95. The van der Waals surface area contributed by atoms with Crippen molar-refractivity contribution in [1.82, 2.24) is 0 Å². The maximum atomic E-state index is 11.3. The lowest BCUT2D eigenvalue weighted by molar-refractivity contribution is 0.0526. The zero-order chi connectivity index (χ0) is 14.0. The van der Waals surface area contributed by atoms with Crippen molar-refractivity contribution in [2.24, 2.45) is 0 Å². The molecule has 0 aliphatic carbocycles. The van der Waals surface area contributed by atoms with Gasteiger partial charge in [-0.3, -0.25) is 5.41 Å². The van der Waals surface area contributed by atoms with Gasteiger partial charge in [-0.05, 0) is 38.1 Å². The summed E-state index contributed by atoms with van der Waals surface area (Å²) in [6.45, 7) is 4.40. The van der Waals surface area contributed by atoms with Crippen molar-refractivity contribution < 1.29 is 19.4 Å². The molecule has 0 saturated heterocycles. The molecule has 5 nitrogen and oxygen atoms in total. The van der Waals surface area contributed by atoms with E-state index in [1.165, 1.54) is 0 Å². The zero-order valence-electron chi connectivity index (χ0n) is 10.9. The first-order valence-corrected chi connectivity index (χ1v) is 5.62. The van der Waals surface area contributed by atoms with Crippen LogP contribution in [0.15, 0.2) is 24.3 Å². The number of nitrogens with one attached hydrogen (secondary N) is 1.